The minimum Gasteiger partial charge on any atom is -0.478 e. The summed E-state index contributed by atoms with van der Waals surface area (Å²) in [6.45, 7) is 0.656. The van der Waals surface area contributed by atoms with E-state index < -0.39 is 5.97 Å². The Bertz CT molecular complexity index is 510. The van der Waals surface area contributed by atoms with Gasteiger partial charge in [-0.3, -0.25) is 9.59 Å². The summed E-state index contributed by atoms with van der Waals surface area (Å²) >= 11 is 0. The van der Waals surface area contributed by atoms with Crippen molar-refractivity contribution in [2.24, 2.45) is 0 Å². The fourth-order valence-corrected chi connectivity index (χ4v) is 1.94. The van der Waals surface area contributed by atoms with Gasteiger partial charge in [-0.25, -0.2) is 4.79 Å². The van der Waals surface area contributed by atoms with Gasteiger partial charge in [-0.1, -0.05) is 0 Å². The molecule has 0 bridgehead atoms. The van der Waals surface area contributed by atoms with Crippen LogP contribution in [0.2, 0.25) is 0 Å². The number of rotatable bonds is 4. The van der Waals surface area contributed by atoms with Gasteiger partial charge in [0, 0.05) is 18.7 Å². The molecule has 0 radical (unpaired) electrons. The number of hydrogen-bond acceptors (Lipinski definition) is 3. The Morgan fingerprint density at radius 2 is 1.95 bits per heavy atom. The Hall–Kier alpha value is -2.37. The van der Waals surface area contributed by atoms with Gasteiger partial charge in [0.05, 0.1) is 12.1 Å². The van der Waals surface area contributed by atoms with E-state index in [9.17, 15) is 14.4 Å². The van der Waals surface area contributed by atoms with Crippen LogP contribution in [-0.4, -0.2) is 40.9 Å². The van der Waals surface area contributed by atoms with Gasteiger partial charge in [0.15, 0.2) is 0 Å². The summed E-state index contributed by atoms with van der Waals surface area (Å²) in [5.74, 6) is -1.30. The van der Waals surface area contributed by atoms with Gasteiger partial charge in [0.2, 0.25) is 11.8 Å². The van der Waals surface area contributed by atoms with E-state index >= 15 is 0 Å². The molecule has 0 spiro atoms. The van der Waals surface area contributed by atoms with Gasteiger partial charge in [0.1, 0.15) is 0 Å². The molecule has 1 aromatic rings. The van der Waals surface area contributed by atoms with Crippen LogP contribution in [0.25, 0.3) is 0 Å². The largest absolute Gasteiger partial charge is 0.478 e. The molecule has 19 heavy (non-hydrogen) atoms. The summed E-state index contributed by atoms with van der Waals surface area (Å²) in [7, 11) is 0. The second kappa shape index (κ2) is 5.51. The van der Waals surface area contributed by atoms with Crippen molar-refractivity contribution in [1.29, 1.82) is 0 Å². The van der Waals surface area contributed by atoms with Gasteiger partial charge < -0.3 is 15.3 Å². The zero-order valence-corrected chi connectivity index (χ0v) is 10.3. The molecule has 2 rings (SSSR count). The van der Waals surface area contributed by atoms with Gasteiger partial charge in [0.25, 0.3) is 0 Å². The van der Waals surface area contributed by atoms with Crippen LogP contribution in [0.15, 0.2) is 24.3 Å². The van der Waals surface area contributed by atoms with Crippen molar-refractivity contribution >= 4 is 23.5 Å². The van der Waals surface area contributed by atoms with Crippen molar-refractivity contribution < 1.29 is 19.5 Å². The second-order valence-corrected chi connectivity index (χ2v) is 4.35. The van der Waals surface area contributed by atoms with E-state index in [0.717, 1.165) is 6.42 Å². The average molecular weight is 262 g/mol. The maximum Gasteiger partial charge on any atom is 0.335 e. The van der Waals surface area contributed by atoms with Crippen LogP contribution in [0.5, 0.6) is 0 Å². The van der Waals surface area contributed by atoms with Crippen molar-refractivity contribution in [1.82, 2.24) is 4.90 Å². The van der Waals surface area contributed by atoms with Crippen molar-refractivity contribution in [3.8, 4) is 0 Å². The second-order valence-electron chi connectivity index (χ2n) is 4.35. The number of carbonyl (C=O) groups is 3. The van der Waals surface area contributed by atoms with Crippen molar-refractivity contribution in [2.45, 2.75) is 12.8 Å². The van der Waals surface area contributed by atoms with Crippen molar-refractivity contribution in [3.63, 3.8) is 0 Å². The first kappa shape index (κ1) is 13.1. The number of nitrogens with zero attached hydrogens (tertiary/aromatic N) is 1. The molecule has 1 aromatic carbocycles. The monoisotopic (exact) mass is 262 g/mol. The molecule has 1 saturated heterocycles. The normalized spacial score (nSPS) is 14.5. The lowest BCUT2D eigenvalue weighted by Crippen LogP contribution is -2.33. The lowest BCUT2D eigenvalue weighted by molar-refractivity contribution is -0.131. The Morgan fingerprint density at radius 1 is 1.26 bits per heavy atom. The topological polar surface area (TPSA) is 86.7 Å². The first-order chi connectivity index (χ1) is 9.06. The zero-order chi connectivity index (χ0) is 13.8. The SMILES string of the molecule is O=C(CN1CCCC1=O)Nc1ccc(C(=O)O)cc1. The highest BCUT2D eigenvalue weighted by molar-refractivity contribution is 5.95. The van der Waals surface area contributed by atoms with E-state index in [1.807, 2.05) is 0 Å². The van der Waals surface area contributed by atoms with E-state index in [1.165, 1.54) is 29.2 Å². The van der Waals surface area contributed by atoms with E-state index in [1.54, 1.807) is 0 Å². The number of aromatic carboxylic acids is 1. The fourth-order valence-electron chi connectivity index (χ4n) is 1.94. The number of likely N-dealkylation sites (tertiary alicyclic amines) is 1. The molecule has 0 aromatic heterocycles. The molecule has 0 unspecified atom stereocenters. The first-order valence-electron chi connectivity index (χ1n) is 5.97. The molecule has 0 atom stereocenters. The molecule has 0 aliphatic carbocycles. The molecule has 100 valence electrons. The number of carbonyl (C=O) groups excluding carboxylic acids is 2. The van der Waals surface area contributed by atoms with E-state index in [4.69, 9.17) is 5.11 Å². The number of hydrogen-bond donors (Lipinski definition) is 2. The Kier molecular flexibility index (Phi) is 3.79. The van der Waals surface area contributed by atoms with Crippen LogP contribution in [0.3, 0.4) is 0 Å². The highest BCUT2D eigenvalue weighted by atomic mass is 16.4. The summed E-state index contributed by atoms with van der Waals surface area (Å²) in [4.78, 5) is 35.3. The summed E-state index contributed by atoms with van der Waals surface area (Å²) in [5, 5.41) is 11.4. The molecular weight excluding hydrogens is 248 g/mol. The summed E-state index contributed by atoms with van der Waals surface area (Å²) < 4.78 is 0. The highest BCUT2D eigenvalue weighted by Crippen LogP contribution is 2.12. The van der Waals surface area contributed by atoms with Gasteiger partial charge in [-0.15, -0.1) is 0 Å². The lowest BCUT2D eigenvalue weighted by atomic mass is 10.2. The maximum atomic E-state index is 11.7. The molecule has 2 N–H and O–H groups in total. The highest BCUT2D eigenvalue weighted by Gasteiger charge is 2.22. The molecule has 6 nitrogen and oxygen atoms in total. The van der Waals surface area contributed by atoms with Crippen LogP contribution in [0.1, 0.15) is 23.2 Å². The molecule has 1 aliphatic heterocycles. The van der Waals surface area contributed by atoms with E-state index in [2.05, 4.69) is 5.32 Å². The Labute approximate surface area is 110 Å². The Balaban J connectivity index is 1.91. The number of amides is 2. The minimum atomic E-state index is -1.01. The lowest BCUT2D eigenvalue weighted by Gasteiger charge is -2.14. The summed E-state index contributed by atoms with van der Waals surface area (Å²) in [6.07, 6.45) is 1.29. The summed E-state index contributed by atoms with van der Waals surface area (Å²) in [6, 6.07) is 5.87. The maximum absolute atomic E-state index is 11.7. The van der Waals surface area contributed by atoms with Gasteiger partial charge in [-0.05, 0) is 30.7 Å². The standard InChI is InChI=1S/C13H14N2O4/c16-11(8-15-7-1-2-12(15)17)14-10-5-3-9(4-6-10)13(18)19/h3-6H,1-2,7-8H2,(H,14,16)(H,18,19). The molecule has 0 saturated carbocycles. The van der Waals surface area contributed by atoms with Gasteiger partial charge in [-0.2, -0.15) is 0 Å². The molecule has 1 fully saturated rings. The van der Waals surface area contributed by atoms with E-state index in [-0.39, 0.29) is 23.9 Å². The number of carboxylic acid groups (broad SMARTS) is 1. The molecule has 1 heterocycles. The number of benzene rings is 1. The van der Waals surface area contributed by atoms with E-state index in [0.29, 0.717) is 18.7 Å². The smallest absolute Gasteiger partial charge is 0.335 e. The minimum absolute atomic E-state index is 0.00336. The molecule has 6 heteroatoms. The van der Waals surface area contributed by atoms with Crippen molar-refractivity contribution in [3.05, 3.63) is 29.8 Å². The van der Waals surface area contributed by atoms with Crippen LogP contribution < -0.4 is 5.32 Å². The summed E-state index contributed by atoms with van der Waals surface area (Å²) in [5.41, 5.74) is 0.675. The van der Waals surface area contributed by atoms with Crippen LogP contribution in [-0.2, 0) is 9.59 Å². The van der Waals surface area contributed by atoms with Gasteiger partial charge >= 0.3 is 5.97 Å². The number of nitrogens with one attached hydrogen (secondary N) is 1. The number of anilines is 1. The Morgan fingerprint density at radius 3 is 2.47 bits per heavy atom. The van der Waals surface area contributed by atoms with Crippen LogP contribution in [0, 0.1) is 0 Å². The van der Waals surface area contributed by atoms with Crippen molar-refractivity contribution in [2.75, 3.05) is 18.4 Å². The van der Waals surface area contributed by atoms with Crippen LogP contribution >= 0.6 is 0 Å². The molecule has 1 aliphatic rings. The number of carboxylic acids is 1. The quantitative estimate of drug-likeness (QED) is 0.845. The molecule has 2 amide bonds. The first-order valence-corrected chi connectivity index (χ1v) is 5.97. The average Bonchev–Trinajstić information content (AvgIpc) is 2.75. The molecular formula is C13H14N2O4. The third-order valence-electron chi connectivity index (χ3n) is 2.92. The third kappa shape index (κ3) is 3.31. The predicted molar refractivity (Wildman–Crippen MR) is 67.8 cm³/mol. The third-order valence-corrected chi connectivity index (χ3v) is 2.92. The van der Waals surface area contributed by atoms with Crippen LogP contribution in [0.4, 0.5) is 5.69 Å². The zero-order valence-electron chi connectivity index (χ0n) is 10.3. The fraction of sp³-hybridized carbons (Fsp3) is 0.308. The predicted octanol–water partition coefficient (Wildman–Crippen LogP) is 0.946.